The van der Waals surface area contributed by atoms with E-state index in [0.717, 1.165) is 21.9 Å². The molecule has 5 nitrogen and oxygen atoms in total. The van der Waals surface area contributed by atoms with Crippen LogP contribution in [0.3, 0.4) is 0 Å². The number of carbonyl (C=O) groups excluding carboxylic acids is 1. The third-order valence-corrected chi connectivity index (χ3v) is 5.15. The Hall–Kier alpha value is -3.31. The first-order chi connectivity index (χ1) is 14.1. The maximum absolute atomic E-state index is 12.8. The number of furan rings is 1. The lowest BCUT2D eigenvalue weighted by Gasteiger charge is -2.20. The van der Waals surface area contributed by atoms with Crippen LogP contribution in [-0.4, -0.2) is 19.1 Å². The number of benzene rings is 3. The molecule has 0 spiro atoms. The largest absolute Gasteiger partial charge is 0.495 e. The van der Waals surface area contributed by atoms with E-state index in [1.807, 2.05) is 80.6 Å². The quantitative estimate of drug-likeness (QED) is 0.472. The van der Waals surface area contributed by atoms with Gasteiger partial charge in [0.1, 0.15) is 16.9 Å². The Balaban J connectivity index is 1.56. The summed E-state index contributed by atoms with van der Waals surface area (Å²) in [5.74, 6) is 0.460. The number of carbonyl (C=O) groups is 1. The van der Waals surface area contributed by atoms with E-state index in [1.54, 1.807) is 7.11 Å². The van der Waals surface area contributed by atoms with E-state index in [4.69, 9.17) is 9.15 Å². The van der Waals surface area contributed by atoms with Gasteiger partial charge in [0.05, 0.1) is 18.8 Å². The van der Waals surface area contributed by atoms with Crippen LogP contribution < -0.4 is 15.4 Å². The molecular weight excluding hydrogens is 364 g/mol. The van der Waals surface area contributed by atoms with E-state index in [9.17, 15) is 4.79 Å². The van der Waals surface area contributed by atoms with Crippen LogP contribution >= 0.6 is 0 Å². The highest BCUT2D eigenvalue weighted by molar-refractivity contribution is 6.08. The Kier molecular flexibility index (Phi) is 5.23. The first-order valence-electron chi connectivity index (χ1n) is 9.68. The minimum absolute atomic E-state index is 0.0525. The second kappa shape index (κ2) is 7.97. The minimum Gasteiger partial charge on any atom is -0.495 e. The van der Waals surface area contributed by atoms with Crippen LogP contribution in [0.25, 0.3) is 21.9 Å². The lowest BCUT2D eigenvalue weighted by molar-refractivity contribution is -0.117. The third-order valence-electron chi connectivity index (χ3n) is 5.15. The first kappa shape index (κ1) is 19.0. The second-order valence-corrected chi connectivity index (χ2v) is 7.16. The Bertz CT molecular complexity index is 1150. The maximum Gasteiger partial charge on any atom is 0.241 e. The molecule has 3 aromatic carbocycles. The van der Waals surface area contributed by atoms with E-state index in [2.05, 4.69) is 10.6 Å². The van der Waals surface area contributed by atoms with Gasteiger partial charge in [0.2, 0.25) is 5.91 Å². The van der Waals surface area contributed by atoms with Gasteiger partial charge in [-0.15, -0.1) is 0 Å². The van der Waals surface area contributed by atoms with Gasteiger partial charge in [0, 0.05) is 22.9 Å². The Morgan fingerprint density at radius 2 is 1.66 bits per heavy atom. The van der Waals surface area contributed by atoms with Crippen LogP contribution in [-0.2, 0) is 4.79 Å². The molecule has 1 heterocycles. The Morgan fingerprint density at radius 3 is 2.41 bits per heavy atom. The van der Waals surface area contributed by atoms with Crippen LogP contribution in [0.1, 0.15) is 25.5 Å². The molecule has 5 heteroatoms. The molecular formula is C24H24N2O3. The molecule has 0 aliphatic heterocycles. The number of nitrogens with one attached hydrogen (secondary N) is 2. The molecule has 0 radical (unpaired) electrons. The van der Waals surface area contributed by atoms with Crippen molar-refractivity contribution < 1.29 is 13.9 Å². The standard InChI is InChI=1S/C24H24N2O3/c1-15(17-9-5-4-6-10-17)25-16(2)24(27)26-20-14-22-19(13-23(20)28-3)18-11-7-8-12-21(18)29-22/h4-16,25H,1-3H3,(H,26,27)/t15-,16-/m0/s1. The SMILES string of the molecule is COc1cc2c(cc1NC(=O)[C@H](C)N[C@@H](C)c1ccccc1)oc1ccccc12. The van der Waals surface area contributed by atoms with Gasteiger partial charge in [-0.3, -0.25) is 10.1 Å². The fourth-order valence-corrected chi connectivity index (χ4v) is 3.55. The molecule has 29 heavy (non-hydrogen) atoms. The predicted octanol–water partition coefficient (Wildman–Crippen LogP) is 5.27. The second-order valence-electron chi connectivity index (χ2n) is 7.16. The minimum atomic E-state index is -0.388. The molecule has 0 saturated heterocycles. The van der Waals surface area contributed by atoms with Gasteiger partial charge < -0.3 is 14.5 Å². The molecule has 0 fully saturated rings. The summed E-state index contributed by atoms with van der Waals surface area (Å²) in [7, 11) is 1.60. The Morgan fingerprint density at radius 1 is 0.931 bits per heavy atom. The van der Waals surface area contributed by atoms with E-state index < -0.39 is 0 Å². The number of para-hydroxylation sites is 1. The summed E-state index contributed by atoms with van der Waals surface area (Å²) >= 11 is 0. The highest BCUT2D eigenvalue weighted by atomic mass is 16.5. The fourth-order valence-electron chi connectivity index (χ4n) is 3.55. The molecule has 0 aliphatic carbocycles. The van der Waals surface area contributed by atoms with Crippen LogP contribution in [0, 0.1) is 0 Å². The van der Waals surface area contributed by atoms with Gasteiger partial charge in [-0.25, -0.2) is 0 Å². The van der Waals surface area contributed by atoms with Crippen molar-refractivity contribution in [2.75, 3.05) is 12.4 Å². The van der Waals surface area contributed by atoms with Gasteiger partial charge in [-0.2, -0.15) is 0 Å². The molecule has 1 amide bonds. The fraction of sp³-hybridized carbons (Fsp3) is 0.208. The molecule has 4 aromatic rings. The number of rotatable bonds is 6. The summed E-state index contributed by atoms with van der Waals surface area (Å²) < 4.78 is 11.5. The number of amides is 1. The molecule has 148 valence electrons. The number of hydrogen-bond acceptors (Lipinski definition) is 4. The number of ether oxygens (including phenoxy) is 1. The zero-order chi connectivity index (χ0) is 20.4. The number of anilines is 1. The van der Waals surface area contributed by atoms with Crippen molar-refractivity contribution in [3.8, 4) is 5.75 Å². The highest BCUT2D eigenvalue weighted by Crippen LogP contribution is 2.36. The molecule has 2 atom stereocenters. The van der Waals surface area contributed by atoms with Crippen LogP contribution in [0.5, 0.6) is 5.75 Å². The van der Waals surface area contributed by atoms with Gasteiger partial charge in [-0.1, -0.05) is 48.5 Å². The smallest absolute Gasteiger partial charge is 0.241 e. The molecule has 1 aromatic heterocycles. The lowest BCUT2D eigenvalue weighted by Crippen LogP contribution is -2.39. The molecule has 0 aliphatic rings. The maximum atomic E-state index is 12.8. The van der Waals surface area contributed by atoms with E-state index in [0.29, 0.717) is 17.0 Å². The molecule has 0 saturated carbocycles. The van der Waals surface area contributed by atoms with Crippen molar-refractivity contribution in [3.05, 3.63) is 72.3 Å². The average Bonchev–Trinajstić information content (AvgIpc) is 3.11. The number of hydrogen-bond donors (Lipinski definition) is 2. The van der Waals surface area contributed by atoms with Crippen molar-refractivity contribution in [3.63, 3.8) is 0 Å². The lowest BCUT2D eigenvalue weighted by atomic mass is 10.1. The monoisotopic (exact) mass is 388 g/mol. The highest BCUT2D eigenvalue weighted by Gasteiger charge is 2.19. The summed E-state index contributed by atoms with van der Waals surface area (Å²) in [6, 6.07) is 21.3. The van der Waals surface area contributed by atoms with E-state index in [-0.39, 0.29) is 18.0 Å². The molecule has 4 rings (SSSR count). The van der Waals surface area contributed by atoms with Crippen molar-refractivity contribution in [1.29, 1.82) is 0 Å². The van der Waals surface area contributed by atoms with Crippen molar-refractivity contribution >= 4 is 33.5 Å². The van der Waals surface area contributed by atoms with Gasteiger partial charge in [0.25, 0.3) is 0 Å². The number of methoxy groups -OCH3 is 1. The molecule has 0 unspecified atom stereocenters. The Labute approximate surface area is 169 Å². The van der Waals surface area contributed by atoms with E-state index in [1.165, 1.54) is 0 Å². The van der Waals surface area contributed by atoms with Crippen LogP contribution in [0.2, 0.25) is 0 Å². The van der Waals surface area contributed by atoms with E-state index >= 15 is 0 Å². The summed E-state index contributed by atoms with van der Waals surface area (Å²) in [5, 5.41) is 8.28. The summed E-state index contributed by atoms with van der Waals surface area (Å²) in [5.41, 5.74) is 3.24. The third kappa shape index (κ3) is 3.82. The van der Waals surface area contributed by atoms with Gasteiger partial charge in [0.15, 0.2) is 0 Å². The normalized spacial score (nSPS) is 13.3. The van der Waals surface area contributed by atoms with Gasteiger partial charge >= 0.3 is 0 Å². The van der Waals surface area contributed by atoms with Crippen molar-refractivity contribution in [2.45, 2.75) is 25.9 Å². The average molecular weight is 388 g/mol. The van der Waals surface area contributed by atoms with Crippen molar-refractivity contribution in [2.24, 2.45) is 0 Å². The summed E-state index contributed by atoms with van der Waals surface area (Å²) in [4.78, 5) is 12.8. The predicted molar refractivity (Wildman–Crippen MR) is 116 cm³/mol. The zero-order valence-electron chi connectivity index (χ0n) is 16.7. The zero-order valence-corrected chi connectivity index (χ0v) is 16.7. The molecule has 0 bridgehead atoms. The van der Waals surface area contributed by atoms with Crippen LogP contribution in [0.4, 0.5) is 5.69 Å². The first-order valence-corrected chi connectivity index (χ1v) is 9.68. The topological polar surface area (TPSA) is 63.5 Å². The van der Waals surface area contributed by atoms with Gasteiger partial charge in [-0.05, 0) is 31.5 Å². The molecule has 2 N–H and O–H groups in total. The summed E-state index contributed by atoms with van der Waals surface area (Å²) in [6.07, 6.45) is 0. The van der Waals surface area contributed by atoms with Crippen LogP contribution in [0.15, 0.2) is 71.1 Å². The van der Waals surface area contributed by atoms with Crippen molar-refractivity contribution in [1.82, 2.24) is 5.32 Å². The number of fused-ring (bicyclic) bond motifs is 3. The summed E-state index contributed by atoms with van der Waals surface area (Å²) in [6.45, 7) is 3.89.